The number of nitro groups is 1. The van der Waals surface area contributed by atoms with Gasteiger partial charge in [0.1, 0.15) is 0 Å². The molecule has 1 aromatic heterocycles. The summed E-state index contributed by atoms with van der Waals surface area (Å²) < 4.78 is 0. The molecular weight excluding hydrogens is 210 g/mol. The average Bonchev–Trinajstić information content (AvgIpc) is 2.51. The van der Waals surface area contributed by atoms with Crippen LogP contribution in [0.1, 0.15) is 37.4 Å². The third kappa shape index (κ3) is 3.16. The highest BCUT2D eigenvalue weighted by atomic mass is 32.1. The number of nitrogens with zero attached hydrogens (tertiary/aromatic N) is 1. The van der Waals surface area contributed by atoms with Crippen LogP contribution in [0.4, 0.5) is 0 Å². The molecule has 1 rings (SSSR count). The molecule has 0 fully saturated rings. The lowest BCUT2D eigenvalue weighted by Crippen LogP contribution is -2.07. The van der Waals surface area contributed by atoms with Gasteiger partial charge in [-0.05, 0) is 17.5 Å². The zero-order valence-corrected chi connectivity index (χ0v) is 10.2. The Morgan fingerprint density at radius 3 is 2.47 bits per heavy atom. The Balaban J connectivity index is 2.96. The minimum Gasteiger partial charge on any atom is -0.259 e. The molecule has 0 amide bonds. The molecule has 0 atom stereocenters. The highest BCUT2D eigenvalue weighted by Crippen LogP contribution is 2.30. The maximum Gasteiger partial charge on any atom is 0.244 e. The van der Waals surface area contributed by atoms with Gasteiger partial charge in [0.25, 0.3) is 0 Å². The van der Waals surface area contributed by atoms with Crippen molar-refractivity contribution in [3.8, 4) is 0 Å². The standard InChI is InChI=1S/C11H15NO2S/c1-8(12(13)14)7-9-5-6-10(15-9)11(2,3)4/h5-7H,1-4H3/b8-7-. The van der Waals surface area contributed by atoms with Crippen molar-refractivity contribution in [2.45, 2.75) is 33.1 Å². The van der Waals surface area contributed by atoms with Crippen molar-refractivity contribution >= 4 is 17.4 Å². The van der Waals surface area contributed by atoms with Gasteiger partial charge in [0.15, 0.2) is 0 Å². The minimum absolute atomic E-state index is 0.110. The van der Waals surface area contributed by atoms with Gasteiger partial charge in [0, 0.05) is 22.8 Å². The quantitative estimate of drug-likeness (QED) is 0.569. The largest absolute Gasteiger partial charge is 0.259 e. The summed E-state index contributed by atoms with van der Waals surface area (Å²) in [7, 11) is 0. The van der Waals surface area contributed by atoms with Crippen LogP contribution in [0, 0.1) is 10.1 Å². The van der Waals surface area contributed by atoms with Crippen LogP contribution in [-0.2, 0) is 5.41 Å². The van der Waals surface area contributed by atoms with Gasteiger partial charge in [-0.3, -0.25) is 10.1 Å². The van der Waals surface area contributed by atoms with Gasteiger partial charge in [-0.15, -0.1) is 11.3 Å². The SMILES string of the molecule is C/C(=C/c1ccc(C(C)(C)C)s1)[N+](=O)[O-]. The molecule has 1 heterocycles. The van der Waals surface area contributed by atoms with E-state index in [2.05, 4.69) is 20.8 Å². The molecule has 0 saturated heterocycles. The van der Waals surface area contributed by atoms with Crippen LogP contribution >= 0.6 is 11.3 Å². The molecule has 4 heteroatoms. The lowest BCUT2D eigenvalue weighted by atomic mass is 9.95. The van der Waals surface area contributed by atoms with Crippen LogP contribution in [0.15, 0.2) is 17.8 Å². The summed E-state index contributed by atoms with van der Waals surface area (Å²) in [6.07, 6.45) is 1.61. The van der Waals surface area contributed by atoms with Gasteiger partial charge in [-0.1, -0.05) is 20.8 Å². The van der Waals surface area contributed by atoms with E-state index in [1.54, 1.807) is 17.4 Å². The number of hydrogen-bond acceptors (Lipinski definition) is 3. The Hall–Kier alpha value is -1.16. The second kappa shape index (κ2) is 4.14. The predicted molar refractivity (Wildman–Crippen MR) is 63.7 cm³/mol. The predicted octanol–water partition coefficient (Wildman–Crippen LogP) is 3.68. The molecule has 0 bridgehead atoms. The normalized spacial score (nSPS) is 12.9. The van der Waals surface area contributed by atoms with E-state index in [1.807, 2.05) is 12.1 Å². The molecular formula is C11H15NO2S. The Labute approximate surface area is 93.6 Å². The Morgan fingerprint density at radius 2 is 2.07 bits per heavy atom. The Kier molecular flexibility index (Phi) is 3.29. The van der Waals surface area contributed by atoms with E-state index >= 15 is 0 Å². The molecule has 0 spiro atoms. The van der Waals surface area contributed by atoms with Crippen LogP contribution < -0.4 is 0 Å². The van der Waals surface area contributed by atoms with E-state index in [9.17, 15) is 10.1 Å². The molecule has 0 aliphatic heterocycles. The van der Waals surface area contributed by atoms with Gasteiger partial charge in [-0.2, -0.15) is 0 Å². The van der Waals surface area contributed by atoms with Crippen molar-refractivity contribution in [1.29, 1.82) is 0 Å². The van der Waals surface area contributed by atoms with Crippen molar-refractivity contribution in [2.75, 3.05) is 0 Å². The van der Waals surface area contributed by atoms with Crippen LogP contribution in [0.5, 0.6) is 0 Å². The topological polar surface area (TPSA) is 43.1 Å². The third-order valence-corrected chi connectivity index (χ3v) is 3.46. The van der Waals surface area contributed by atoms with Crippen LogP contribution in [-0.4, -0.2) is 4.92 Å². The number of hydrogen-bond donors (Lipinski definition) is 0. The summed E-state index contributed by atoms with van der Waals surface area (Å²) in [6.45, 7) is 7.91. The fourth-order valence-corrected chi connectivity index (χ4v) is 2.15. The van der Waals surface area contributed by atoms with E-state index in [1.165, 1.54) is 11.8 Å². The second-order valence-corrected chi connectivity index (χ2v) is 5.61. The first-order valence-electron chi connectivity index (χ1n) is 4.74. The molecule has 0 aliphatic rings. The minimum atomic E-state index is -0.365. The Bertz CT molecular complexity index is 399. The molecule has 0 radical (unpaired) electrons. The van der Waals surface area contributed by atoms with E-state index in [0.717, 1.165) is 4.88 Å². The molecule has 0 N–H and O–H groups in total. The highest BCUT2D eigenvalue weighted by molar-refractivity contribution is 7.13. The van der Waals surface area contributed by atoms with Gasteiger partial charge in [0.05, 0.1) is 4.92 Å². The lowest BCUT2D eigenvalue weighted by Gasteiger charge is -2.15. The smallest absolute Gasteiger partial charge is 0.244 e. The number of thiophene rings is 1. The first-order chi connectivity index (χ1) is 6.80. The molecule has 82 valence electrons. The summed E-state index contributed by atoms with van der Waals surface area (Å²) in [5.41, 5.74) is 0.288. The first kappa shape index (κ1) is 11.9. The fourth-order valence-electron chi connectivity index (χ4n) is 1.09. The number of rotatable bonds is 2. The molecule has 0 unspecified atom stereocenters. The first-order valence-corrected chi connectivity index (χ1v) is 5.55. The zero-order chi connectivity index (χ0) is 11.6. The monoisotopic (exact) mass is 225 g/mol. The van der Waals surface area contributed by atoms with Crippen molar-refractivity contribution < 1.29 is 4.92 Å². The lowest BCUT2D eigenvalue weighted by molar-refractivity contribution is -0.422. The summed E-state index contributed by atoms with van der Waals surface area (Å²) in [5, 5.41) is 10.4. The molecule has 1 aromatic rings. The van der Waals surface area contributed by atoms with E-state index in [0.29, 0.717) is 0 Å². The van der Waals surface area contributed by atoms with Gasteiger partial charge in [-0.25, -0.2) is 0 Å². The van der Waals surface area contributed by atoms with Gasteiger partial charge >= 0.3 is 0 Å². The van der Waals surface area contributed by atoms with E-state index in [4.69, 9.17) is 0 Å². The third-order valence-electron chi connectivity index (χ3n) is 2.01. The maximum absolute atomic E-state index is 10.4. The second-order valence-electron chi connectivity index (χ2n) is 4.49. The summed E-state index contributed by atoms with van der Waals surface area (Å²) in [5.74, 6) is 0. The molecule has 15 heavy (non-hydrogen) atoms. The van der Waals surface area contributed by atoms with Crippen LogP contribution in [0.3, 0.4) is 0 Å². The van der Waals surface area contributed by atoms with Crippen molar-refractivity contribution in [3.05, 3.63) is 37.7 Å². The van der Waals surface area contributed by atoms with E-state index < -0.39 is 0 Å². The molecule has 0 aromatic carbocycles. The average molecular weight is 225 g/mol. The summed E-state index contributed by atoms with van der Waals surface area (Å²) in [6, 6.07) is 3.96. The fraction of sp³-hybridized carbons (Fsp3) is 0.455. The van der Waals surface area contributed by atoms with Crippen molar-refractivity contribution in [2.24, 2.45) is 0 Å². The maximum atomic E-state index is 10.4. The highest BCUT2D eigenvalue weighted by Gasteiger charge is 2.16. The Morgan fingerprint density at radius 1 is 1.47 bits per heavy atom. The van der Waals surface area contributed by atoms with Gasteiger partial charge in [0.2, 0.25) is 5.70 Å². The molecule has 0 aliphatic carbocycles. The van der Waals surface area contributed by atoms with Crippen LogP contribution in [0.2, 0.25) is 0 Å². The van der Waals surface area contributed by atoms with Crippen LogP contribution in [0.25, 0.3) is 6.08 Å². The van der Waals surface area contributed by atoms with E-state index in [-0.39, 0.29) is 16.0 Å². The van der Waals surface area contributed by atoms with Gasteiger partial charge < -0.3 is 0 Å². The molecule has 3 nitrogen and oxygen atoms in total. The van der Waals surface area contributed by atoms with Crippen molar-refractivity contribution in [3.63, 3.8) is 0 Å². The summed E-state index contributed by atoms with van der Waals surface area (Å²) in [4.78, 5) is 12.3. The van der Waals surface area contributed by atoms with Crippen molar-refractivity contribution in [1.82, 2.24) is 0 Å². The zero-order valence-electron chi connectivity index (χ0n) is 9.40. The molecule has 0 saturated carbocycles. The number of allylic oxidation sites excluding steroid dienone is 1. The summed E-state index contributed by atoms with van der Waals surface area (Å²) >= 11 is 1.60.